The van der Waals surface area contributed by atoms with Crippen LogP contribution in [0.5, 0.6) is 0 Å². The molecule has 7 heteroatoms. The smallest absolute Gasteiger partial charge is 0.412 e. The van der Waals surface area contributed by atoms with Gasteiger partial charge in [0.1, 0.15) is 0 Å². The van der Waals surface area contributed by atoms with Crippen LogP contribution in [-0.2, 0) is 4.74 Å². The number of hydrogen-bond donors (Lipinski definition) is 3. The third kappa shape index (κ3) is 3.46. The van der Waals surface area contributed by atoms with Crippen LogP contribution in [0.15, 0.2) is 30.3 Å². The van der Waals surface area contributed by atoms with Gasteiger partial charge in [-0.25, -0.2) is 9.78 Å². The molecule has 0 aliphatic carbocycles. The van der Waals surface area contributed by atoms with Crippen LogP contribution in [0.1, 0.15) is 0 Å². The molecule has 0 aliphatic heterocycles. The molecule has 0 atom stereocenters. The summed E-state index contributed by atoms with van der Waals surface area (Å²) in [7, 11) is 1.30. The number of benzene rings is 1. The molecule has 106 valence electrons. The molecule has 20 heavy (non-hydrogen) atoms. The van der Waals surface area contributed by atoms with E-state index in [4.69, 9.17) is 5.11 Å². The van der Waals surface area contributed by atoms with E-state index in [2.05, 4.69) is 20.4 Å². The fourth-order valence-electron chi connectivity index (χ4n) is 1.58. The molecule has 1 aromatic heterocycles. The van der Waals surface area contributed by atoms with Crippen LogP contribution >= 0.6 is 11.3 Å². The summed E-state index contributed by atoms with van der Waals surface area (Å²) in [6.07, 6.45) is -0.568. The monoisotopic (exact) mass is 293 g/mol. The van der Waals surface area contributed by atoms with Gasteiger partial charge in [-0.15, -0.1) is 0 Å². The van der Waals surface area contributed by atoms with Crippen molar-refractivity contribution in [3.05, 3.63) is 30.3 Å². The molecule has 1 heterocycles. The van der Waals surface area contributed by atoms with Gasteiger partial charge in [0.2, 0.25) is 0 Å². The van der Waals surface area contributed by atoms with Gasteiger partial charge in [-0.05, 0) is 5.56 Å². The van der Waals surface area contributed by atoms with E-state index < -0.39 is 6.09 Å². The van der Waals surface area contributed by atoms with Crippen LogP contribution in [0.25, 0.3) is 10.4 Å². The van der Waals surface area contributed by atoms with E-state index in [1.165, 1.54) is 18.4 Å². The molecule has 6 nitrogen and oxygen atoms in total. The number of amides is 1. The fraction of sp³-hybridized carbons (Fsp3) is 0.231. The Kier molecular flexibility index (Phi) is 4.91. The van der Waals surface area contributed by atoms with Crippen LogP contribution < -0.4 is 10.6 Å². The highest BCUT2D eigenvalue weighted by molar-refractivity contribution is 7.19. The van der Waals surface area contributed by atoms with Gasteiger partial charge in [-0.3, -0.25) is 5.32 Å². The Labute approximate surface area is 120 Å². The van der Waals surface area contributed by atoms with Crippen molar-refractivity contribution in [1.29, 1.82) is 0 Å². The summed E-state index contributed by atoms with van der Waals surface area (Å²) in [6, 6.07) is 9.62. The lowest BCUT2D eigenvalue weighted by Gasteiger charge is -2.03. The number of carbonyl (C=O) groups excluding carboxylic acids is 1. The standard InChI is InChI=1S/C13H15N3O3S/c1-19-13(18)16-11-10(9-5-3-2-4-6-9)20-12(15-11)14-7-8-17/h2-6,17H,7-8H2,1H3,(H,14,15)(H,16,18). The van der Waals surface area contributed by atoms with Gasteiger partial charge in [0, 0.05) is 6.54 Å². The highest BCUT2D eigenvalue weighted by Gasteiger charge is 2.15. The van der Waals surface area contributed by atoms with Gasteiger partial charge in [-0.2, -0.15) is 0 Å². The average molecular weight is 293 g/mol. The maximum atomic E-state index is 11.4. The molecule has 0 aliphatic rings. The summed E-state index contributed by atoms with van der Waals surface area (Å²) in [5.41, 5.74) is 0.952. The predicted molar refractivity (Wildman–Crippen MR) is 79.2 cm³/mol. The first-order valence-electron chi connectivity index (χ1n) is 6.00. The summed E-state index contributed by atoms with van der Waals surface area (Å²) in [5.74, 6) is 0.438. The number of aliphatic hydroxyl groups excluding tert-OH is 1. The van der Waals surface area contributed by atoms with Gasteiger partial charge >= 0.3 is 6.09 Å². The zero-order chi connectivity index (χ0) is 14.4. The van der Waals surface area contributed by atoms with Crippen LogP contribution in [0.2, 0.25) is 0 Å². The third-order valence-electron chi connectivity index (χ3n) is 2.46. The van der Waals surface area contributed by atoms with Crippen molar-refractivity contribution in [2.75, 3.05) is 30.9 Å². The lowest BCUT2D eigenvalue weighted by atomic mass is 10.2. The molecule has 1 amide bonds. The number of nitrogens with one attached hydrogen (secondary N) is 2. The normalized spacial score (nSPS) is 10.1. The minimum atomic E-state index is -0.568. The highest BCUT2D eigenvalue weighted by Crippen LogP contribution is 2.36. The molecular formula is C13H15N3O3S. The van der Waals surface area contributed by atoms with E-state index in [0.29, 0.717) is 17.5 Å². The first-order valence-corrected chi connectivity index (χ1v) is 6.82. The molecule has 0 spiro atoms. The van der Waals surface area contributed by atoms with Crippen LogP contribution in [0.4, 0.5) is 15.7 Å². The molecule has 0 unspecified atom stereocenters. The molecule has 1 aromatic carbocycles. The second kappa shape index (κ2) is 6.88. The highest BCUT2D eigenvalue weighted by atomic mass is 32.1. The number of thiazole rings is 1. The topological polar surface area (TPSA) is 83.5 Å². The van der Waals surface area contributed by atoms with E-state index in [1.807, 2.05) is 30.3 Å². The Balaban J connectivity index is 2.31. The molecule has 3 N–H and O–H groups in total. The van der Waals surface area contributed by atoms with Crippen molar-refractivity contribution in [3.63, 3.8) is 0 Å². The van der Waals surface area contributed by atoms with Gasteiger partial charge in [0.05, 0.1) is 18.6 Å². The molecule has 2 aromatic rings. The van der Waals surface area contributed by atoms with Gasteiger partial charge in [0.15, 0.2) is 10.9 Å². The summed E-state index contributed by atoms with van der Waals surface area (Å²) < 4.78 is 4.59. The minimum absolute atomic E-state index is 0.0139. The summed E-state index contributed by atoms with van der Waals surface area (Å²) >= 11 is 1.40. The molecule has 0 saturated carbocycles. The minimum Gasteiger partial charge on any atom is -0.453 e. The number of rotatable bonds is 5. The number of aromatic nitrogens is 1. The first kappa shape index (κ1) is 14.3. The Bertz CT molecular complexity index is 571. The number of nitrogens with zero attached hydrogens (tertiary/aromatic N) is 1. The quantitative estimate of drug-likeness (QED) is 0.788. The number of ether oxygens (including phenoxy) is 1. The summed E-state index contributed by atoms with van der Waals surface area (Å²) in [4.78, 5) is 16.5. The van der Waals surface area contributed by atoms with Crippen molar-refractivity contribution in [2.24, 2.45) is 0 Å². The first-order chi connectivity index (χ1) is 9.74. The molecule has 2 rings (SSSR count). The molecule has 0 saturated heterocycles. The third-order valence-corrected chi connectivity index (χ3v) is 3.52. The molecule has 0 fully saturated rings. The number of anilines is 2. The van der Waals surface area contributed by atoms with Crippen molar-refractivity contribution >= 4 is 28.4 Å². The number of aliphatic hydroxyl groups is 1. The maximum Gasteiger partial charge on any atom is 0.412 e. The summed E-state index contributed by atoms with van der Waals surface area (Å²) in [6.45, 7) is 0.416. The van der Waals surface area contributed by atoms with Crippen LogP contribution in [0, 0.1) is 0 Å². The Morgan fingerprint density at radius 2 is 2.15 bits per heavy atom. The number of methoxy groups -OCH3 is 1. The lowest BCUT2D eigenvalue weighted by Crippen LogP contribution is -2.12. The van der Waals surface area contributed by atoms with Crippen LogP contribution in [-0.4, -0.2) is 36.4 Å². The number of hydrogen-bond acceptors (Lipinski definition) is 6. The van der Waals surface area contributed by atoms with Gasteiger partial charge in [-0.1, -0.05) is 41.7 Å². The Hall–Kier alpha value is -2.12. The SMILES string of the molecule is COC(=O)Nc1nc(NCCO)sc1-c1ccccc1. The second-order valence-electron chi connectivity index (χ2n) is 3.83. The van der Waals surface area contributed by atoms with Crippen molar-refractivity contribution in [2.45, 2.75) is 0 Å². The molecule has 0 bridgehead atoms. The second-order valence-corrected chi connectivity index (χ2v) is 4.83. The predicted octanol–water partition coefficient (Wildman–Crippen LogP) is 2.39. The summed E-state index contributed by atoms with van der Waals surface area (Å²) in [5, 5.41) is 15.0. The van der Waals surface area contributed by atoms with Crippen molar-refractivity contribution in [1.82, 2.24) is 4.98 Å². The van der Waals surface area contributed by atoms with E-state index in [0.717, 1.165) is 10.4 Å². The van der Waals surface area contributed by atoms with E-state index >= 15 is 0 Å². The van der Waals surface area contributed by atoms with Crippen LogP contribution in [0.3, 0.4) is 0 Å². The largest absolute Gasteiger partial charge is 0.453 e. The molecular weight excluding hydrogens is 278 g/mol. The maximum absolute atomic E-state index is 11.4. The zero-order valence-corrected chi connectivity index (χ0v) is 11.7. The average Bonchev–Trinajstić information content (AvgIpc) is 2.88. The van der Waals surface area contributed by atoms with Gasteiger partial charge in [0.25, 0.3) is 0 Å². The van der Waals surface area contributed by atoms with Crippen molar-refractivity contribution in [3.8, 4) is 10.4 Å². The Morgan fingerprint density at radius 1 is 1.40 bits per heavy atom. The van der Waals surface area contributed by atoms with Crippen molar-refractivity contribution < 1.29 is 14.6 Å². The van der Waals surface area contributed by atoms with E-state index in [9.17, 15) is 4.79 Å². The zero-order valence-electron chi connectivity index (χ0n) is 10.9. The van der Waals surface area contributed by atoms with E-state index in [1.54, 1.807) is 0 Å². The van der Waals surface area contributed by atoms with E-state index in [-0.39, 0.29) is 6.61 Å². The lowest BCUT2D eigenvalue weighted by molar-refractivity contribution is 0.187. The fourth-order valence-corrected chi connectivity index (χ4v) is 2.53. The van der Waals surface area contributed by atoms with Gasteiger partial charge < -0.3 is 15.2 Å². The Morgan fingerprint density at radius 3 is 2.80 bits per heavy atom. The molecule has 0 radical (unpaired) electrons. The number of carbonyl (C=O) groups is 1.